The Morgan fingerprint density at radius 3 is 2.50 bits per heavy atom. The Morgan fingerprint density at radius 2 is 2.25 bits per heavy atom. The molecule has 12 heavy (non-hydrogen) atoms. The molecule has 0 fully saturated rings. The van der Waals surface area contributed by atoms with Gasteiger partial charge in [0, 0.05) is 7.05 Å². The van der Waals surface area contributed by atoms with Crippen LogP contribution in [0, 0.1) is 0 Å². The first-order valence-electron chi connectivity index (χ1n) is 3.03. The van der Waals surface area contributed by atoms with E-state index in [-0.39, 0.29) is 5.69 Å². The van der Waals surface area contributed by atoms with Crippen molar-refractivity contribution in [2.24, 2.45) is 0 Å². The summed E-state index contributed by atoms with van der Waals surface area (Å²) < 4.78 is 0.499. The number of hydrogen-bond donors (Lipinski definition) is 3. The Kier molecular flexibility index (Phi) is 2.77. The van der Waals surface area contributed by atoms with Crippen LogP contribution in [-0.4, -0.2) is 30.1 Å². The molecule has 0 aliphatic heterocycles. The number of halogens is 1. The van der Waals surface area contributed by atoms with Crippen LogP contribution in [0.15, 0.2) is 3.79 Å². The van der Waals surface area contributed by atoms with E-state index in [1.165, 1.54) is 11.3 Å². The first-order valence-corrected chi connectivity index (χ1v) is 4.64. The number of nitrogens with zero attached hydrogens (tertiary/aromatic N) is 1. The second-order valence-corrected chi connectivity index (χ2v) is 4.43. The average molecular weight is 249 g/mol. The van der Waals surface area contributed by atoms with Crippen molar-refractivity contribution < 1.29 is 10.2 Å². The lowest BCUT2D eigenvalue weighted by atomic mass is 9.92. The van der Waals surface area contributed by atoms with E-state index < -0.39 is 5.69 Å². The Balaban J connectivity index is 3.08. The highest BCUT2D eigenvalue weighted by Crippen LogP contribution is 2.32. The number of hydrogen-bond acceptors (Lipinski definition) is 5. The lowest BCUT2D eigenvalue weighted by Crippen LogP contribution is -2.25. The van der Waals surface area contributed by atoms with E-state index in [9.17, 15) is 0 Å². The minimum absolute atomic E-state index is 0.0110. The van der Waals surface area contributed by atoms with Crippen molar-refractivity contribution in [3.05, 3.63) is 9.48 Å². The summed E-state index contributed by atoms with van der Waals surface area (Å²) in [4.78, 5) is 3.84. The molecule has 0 aliphatic carbocycles. The van der Waals surface area contributed by atoms with Gasteiger partial charge < -0.3 is 15.5 Å². The highest BCUT2D eigenvalue weighted by atomic mass is 79.9. The van der Waals surface area contributed by atoms with Gasteiger partial charge in [-0.15, -0.1) is 0 Å². The predicted octanol–water partition coefficient (Wildman–Crippen LogP) is 0.211. The fourth-order valence-corrected chi connectivity index (χ4v) is 2.18. The maximum absolute atomic E-state index is 9.00. The second-order valence-electron chi connectivity index (χ2n) is 2.12. The van der Waals surface area contributed by atoms with Gasteiger partial charge in [-0.1, -0.05) is 11.3 Å². The van der Waals surface area contributed by atoms with Gasteiger partial charge in [-0.05, 0) is 15.9 Å². The molecule has 0 aliphatic rings. The predicted molar refractivity (Wildman–Crippen MR) is 51.2 cm³/mol. The number of aliphatic hydroxyl groups is 2. The summed E-state index contributed by atoms with van der Waals surface area (Å²) in [5.41, 5.74) is -2.37. The molecule has 0 spiro atoms. The molecule has 0 aromatic carbocycles. The van der Waals surface area contributed by atoms with E-state index in [0.717, 1.165) is 0 Å². The number of nitrogens with one attached hydrogen (secondary N) is 1. The third-order valence-corrected chi connectivity index (χ3v) is 2.87. The van der Waals surface area contributed by atoms with Gasteiger partial charge in [0.25, 0.3) is 0 Å². The highest BCUT2D eigenvalue weighted by molar-refractivity contribution is 9.11. The van der Waals surface area contributed by atoms with E-state index in [1.807, 2.05) is 0 Å². The molecule has 4 nitrogen and oxygen atoms in total. The smallest absolute Gasteiger partial charge is 0.183 e. The molecule has 1 aromatic rings. The van der Waals surface area contributed by atoms with Crippen LogP contribution in [0.25, 0.3) is 0 Å². The zero-order valence-electron chi connectivity index (χ0n) is 6.21. The number of rotatable bonds is 2. The molecule has 1 heterocycles. The first-order chi connectivity index (χ1) is 5.45. The van der Waals surface area contributed by atoms with E-state index in [1.54, 1.807) is 7.05 Å². The lowest BCUT2D eigenvalue weighted by Gasteiger charge is -2.13. The van der Waals surface area contributed by atoms with Crippen molar-refractivity contribution in [3.63, 3.8) is 0 Å². The standard InChI is InChI=1S/C5H6BBrN2O2S/c1-8-4-9-2(3(7)12-4)5(6,10)11/h10-11H,1H3,(H,8,9). The summed E-state index contributed by atoms with van der Waals surface area (Å²) in [6.45, 7) is 0. The number of aromatic nitrogens is 1. The maximum Gasteiger partial charge on any atom is 0.183 e. The first kappa shape index (κ1) is 9.98. The Morgan fingerprint density at radius 1 is 1.67 bits per heavy atom. The van der Waals surface area contributed by atoms with Gasteiger partial charge in [0.15, 0.2) is 18.7 Å². The molecule has 0 unspecified atom stereocenters. The van der Waals surface area contributed by atoms with Gasteiger partial charge >= 0.3 is 0 Å². The second kappa shape index (κ2) is 3.33. The molecule has 7 heteroatoms. The van der Waals surface area contributed by atoms with Gasteiger partial charge in [-0.2, -0.15) is 0 Å². The van der Waals surface area contributed by atoms with Gasteiger partial charge in [0.05, 0.1) is 3.79 Å². The maximum atomic E-state index is 9.00. The van der Waals surface area contributed by atoms with Gasteiger partial charge in [-0.3, -0.25) is 0 Å². The summed E-state index contributed by atoms with van der Waals surface area (Å²) in [5.74, 6) is 0. The molecule has 0 saturated heterocycles. The summed E-state index contributed by atoms with van der Waals surface area (Å²) in [6, 6.07) is 0. The van der Waals surface area contributed by atoms with Crippen LogP contribution < -0.4 is 5.32 Å². The largest absolute Gasteiger partial charge is 0.369 e. The Labute approximate surface area is 83.2 Å². The quantitative estimate of drug-likeness (QED) is 0.517. The molecule has 2 radical (unpaired) electrons. The minimum Gasteiger partial charge on any atom is -0.369 e. The van der Waals surface area contributed by atoms with Crippen LogP contribution in [-0.2, 0) is 5.69 Å². The van der Waals surface area contributed by atoms with Crippen molar-refractivity contribution in [1.29, 1.82) is 0 Å². The van der Waals surface area contributed by atoms with Gasteiger partial charge in [0.1, 0.15) is 5.69 Å². The summed E-state index contributed by atoms with van der Waals surface area (Å²) in [6.07, 6.45) is 0. The fraction of sp³-hybridized carbons (Fsp3) is 0.400. The molecular weight excluding hydrogens is 243 g/mol. The summed E-state index contributed by atoms with van der Waals surface area (Å²) in [7, 11) is 6.71. The third kappa shape index (κ3) is 1.98. The minimum atomic E-state index is -2.38. The van der Waals surface area contributed by atoms with Crippen LogP contribution in [0.5, 0.6) is 0 Å². The highest BCUT2D eigenvalue weighted by Gasteiger charge is 2.25. The van der Waals surface area contributed by atoms with E-state index >= 15 is 0 Å². The monoisotopic (exact) mass is 248 g/mol. The molecule has 1 aromatic heterocycles. The van der Waals surface area contributed by atoms with E-state index in [2.05, 4.69) is 26.2 Å². The van der Waals surface area contributed by atoms with Crippen LogP contribution in [0.1, 0.15) is 5.69 Å². The topological polar surface area (TPSA) is 65.4 Å². The lowest BCUT2D eigenvalue weighted by molar-refractivity contribution is -0.0943. The van der Waals surface area contributed by atoms with Crippen molar-refractivity contribution in [2.45, 2.75) is 5.69 Å². The normalized spacial score (nSPS) is 11.7. The number of anilines is 1. The van der Waals surface area contributed by atoms with Gasteiger partial charge in [0.2, 0.25) is 0 Å². The van der Waals surface area contributed by atoms with Crippen molar-refractivity contribution in [1.82, 2.24) is 4.98 Å². The van der Waals surface area contributed by atoms with E-state index in [4.69, 9.17) is 18.1 Å². The third-order valence-electron chi connectivity index (χ3n) is 1.15. The molecule has 64 valence electrons. The molecule has 0 bridgehead atoms. The van der Waals surface area contributed by atoms with Crippen LogP contribution in [0.3, 0.4) is 0 Å². The molecule has 0 amide bonds. The van der Waals surface area contributed by atoms with Crippen LogP contribution >= 0.6 is 27.3 Å². The van der Waals surface area contributed by atoms with Crippen LogP contribution in [0.4, 0.5) is 5.13 Å². The Bertz CT molecular complexity index is 285. The summed E-state index contributed by atoms with van der Waals surface area (Å²) in [5, 5.41) is 21.3. The molecule has 3 N–H and O–H groups in total. The molecule has 1 rings (SSSR count). The Hall–Kier alpha value is -0.105. The van der Waals surface area contributed by atoms with Crippen LogP contribution in [0.2, 0.25) is 0 Å². The van der Waals surface area contributed by atoms with Gasteiger partial charge in [-0.25, -0.2) is 4.98 Å². The zero-order valence-corrected chi connectivity index (χ0v) is 8.61. The van der Waals surface area contributed by atoms with Crippen molar-refractivity contribution in [2.75, 3.05) is 12.4 Å². The molecule has 0 saturated carbocycles. The SMILES string of the molecule is [B]C(O)(O)c1nc(NC)sc1Br. The van der Waals surface area contributed by atoms with Crippen molar-refractivity contribution >= 4 is 40.2 Å². The fourth-order valence-electron chi connectivity index (χ4n) is 0.635. The van der Waals surface area contributed by atoms with Crippen molar-refractivity contribution in [3.8, 4) is 0 Å². The van der Waals surface area contributed by atoms with E-state index in [0.29, 0.717) is 8.92 Å². The summed E-state index contributed by atoms with van der Waals surface area (Å²) >= 11 is 4.35. The molecule has 0 atom stereocenters. The molecular formula is C5H6BBrN2O2S. The average Bonchev–Trinajstić information content (AvgIpc) is 2.29. The zero-order chi connectivity index (χ0) is 9.35. The number of thiazole rings is 1.